The van der Waals surface area contributed by atoms with Gasteiger partial charge in [-0.15, -0.1) is 0 Å². The Bertz CT molecular complexity index is 923. The van der Waals surface area contributed by atoms with E-state index in [1.807, 2.05) is 18.2 Å². The van der Waals surface area contributed by atoms with Crippen molar-refractivity contribution in [1.29, 1.82) is 0 Å². The smallest absolute Gasteiger partial charge is 0.337 e. The van der Waals surface area contributed by atoms with Crippen LogP contribution in [0, 0.1) is 0 Å². The molecule has 2 aliphatic rings. The van der Waals surface area contributed by atoms with Gasteiger partial charge in [0.15, 0.2) is 18.0 Å². The van der Waals surface area contributed by atoms with Gasteiger partial charge in [-0.05, 0) is 35.9 Å². The normalized spacial score (nSPS) is 19.6. The van der Waals surface area contributed by atoms with E-state index in [-0.39, 0.29) is 11.9 Å². The zero-order chi connectivity index (χ0) is 21.6. The maximum absolute atomic E-state index is 12.3. The van der Waals surface area contributed by atoms with Crippen LogP contribution >= 0.6 is 0 Å². The van der Waals surface area contributed by atoms with Crippen LogP contribution < -0.4 is 24.6 Å². The van der Waals surface area contributed by atoms with Crippen molar-refractivity contribution < 1.29 is 33.6 Å². The lowest BCUT2D eigenvalue weighted by atomic mass is 10.1. The van der Waals surface area contributed by atoms with Crippen molar-refractivity contribution in [3.05, 3.63) is 59.2 Å². The van der Waals surface area contributed by atoms with Crippen LogP contribution in [0.5, 0.6) is 11.5 Å². The zero-order valence-electron chi connectivity index (χ0n) is 17.7. The van der Waals surface area contributed by atoms with E-state index < -0.39 is 0 Å². The maximum atomic E-state index is 12.3. The third-order valence-electron chi connectivity index (χ3n) is 5.83. The number of nitrogens with one attached hydrogen (secondary N) is 3. The van der Waals surface area contributed by atoms with E-state index in [9.17, 15) is 9.59 Å². The van der Waals surface area contributed by atoms with Crippen LogP contribution in [0.15, 0.2) is 42.5 Å². The summed E-state index contributed by atoms with van der Waals surface area (Å²) in [6, 6.07) is 13.2. The Morgan fingerprint density at radius 1 is 0.935 bits per heavy atom. The molecule has 0 spiro atoms. The molecule has 1 fully saturated rings. The number of hydrogen-bond acceptors (Lipinski definition) is 5. The fourth-order valence-corrected chi connectivity index (χ4v) is 4.02. The molecule has 0 radical (unpaired) electrons. The number of esters is 1. The molecule has 0 atom stereocenters. The number of ether oxygens (including phenoxy) is 3. The largest absolute Gasteiger partial charge is 0.465 e. The van der Waals surface area contributed by atoms with Crippen molar-refractivity contribution in [3.8, 4) is 11.5 Å². The highest BCUT2D eigenvalue weighted by Gasteiger charge is 2.25. The van der Waals surface area contributed by atoms with Crippen molar-refractivity contribution in [3.63, 3.8) is 0 Å². The highest BCUT2D eigenvalue weighted by atomic mass is 16.7. The summed E-state index contributed by atoms with van der Waals surface area (Å²) in [6.07, 6.45) is 0. The molecular formula is C23H29N3O5+2. The number of piperazine rings is 1. The van der Waals surface area contributed by atoms with Gasteiger partial charge in [0.25, 0.3) is 5.91 Å². The number of rotatable bonds is 7. The van der Waals surface area contributed by atoms with Gasteiger partial charge in [-0.3, -0.25) is 4.79 Å². The van der Waals surface area contributed by atoms with Crippen LogP contribution in [0.25, 0.3) is 0 Å². The number of quaternary nitrogens is 2. The van der Waals surface area contributed by atoms with Gasteiger partial charge in [0.1, 0.15) is 32.7 Å². The van der Waals surface area contributed by atoms with E-state index in [1.165, 1.54) is 22.5 Å². The van der Waals surface area contributed by atoms with E-state index in [2.05, 4.69) is 17.4 Å². The zero-order valence-corrected chi connectivity index (χ0v) is 17.7. The van der Waals surface area contributed by atoms with Crippen LogP contribution in [0.1, 0.15) is 21.5 Å². The molecule has 0 saturated carbocycles. The van der Waals surface area contributed by atoms with Crippen LogP contribution in [0.2, 0.25) is 0 Å². The molecule has 0 unspecified atom stereocenters. The Kier molecular flexibility index (Phi) is 6.69. The first-order chi connectivity index (χ1) is 15.1. The number of carbonyl (C=O) groups excluding carboxylic acids is 2. The summed E-state index contributed by atoms with van der Waals surface area (Å²) in [5, 5.41) is 2.98. The summed E-state index contributed by atoms with van der Waals surface area (Å²) in [7, 11) is 1.36. The number of benzene rings is 2. The molecule has 31 heavy (non-hydrogen) atoms. The molecule has 2 aliphatic heterocycles. The fourth-order valence-electron chi connectivity index (χ4n) is 4.02. The highest BCUT2D eigenvalue weighted by molar-refractivity contribution is 5.89. The summed E-state index contributed by atoms with van der Waals surface area (Å²) in [4.78, 5) is 26.7. The maximum Gasteiger partial charge on any atom is 0.337 e. The predicted molar refractivity (Wildman–Crippen MR) is 112 cm³/mol. The highest BCUT2D eigenvalue weighted by Crippen LogP contribution is 2.32. The molecule has 3 N–H and O–H groups in total. The summed E-state index contributed by atoms with van der Waals surface area (Å²) in [6.45, 7) is 6.21. The van der Waals surface area contributed by atoms with Crippen LogP contribution in [-0.2, 0) is 22.6 Å². The lowest BCUT2D eigenvalue weighted by Crippen LogP contribution is -3.28. The van der Waals surface area contributed by atoms with Crippen LogP contribution in [0.4, 0.5) is 0 Å². The molecule has 0 bridgehead atoms. The first-order valence-corrected chi connectivity index (χ1v) is 10.6. The molecule has 2 heterocycles. The van der Waals surface area contributed by atoms with Gasteiger partial charge in [0.05, 0.1) is 12.7 Å². The predicted octanol–water partition coefficient (Wildman–Crippen LogP) is -1.20. The number of fused-ring (bicyclic) bond motifs is 1. The minimum Gasteiger partial charge on any atom is -0.465 e. The Hall–Kier alpha value is -3.10. The Balaban J connectivity index is 1.17. The van der Waals surface area contributed by atoms with Crippen LogP contribution in [0.3, 0.4) is 0 Å². The first-order valence-electron chi connectivity index (χ1n) is 10.6. The number of methoxy groups -OCH3 is 1. The molecule has 8 heteroatoms. The minimum absolute atomic E-state index is 0.0475. The third kappa shape index (κ3) is 5.53. The van der Waals surface area contributed by atoms with Crippen molar-refractivity contribution in [2.75, 3.05) is 46.6 Å². The average molecular weight is 428 g/mol. The second-order valence-corrected chi connectivity index (χ2v) is 8.01. The van der Waals surface area contributed by atoms with Crippen molar-refractivity contribution in [2.45, 2.75) is 13.1 Å². The third-order valence-corrected chi connectivity index (χ3v) is 5.83. The molecule has 2 aromatic carbocycles. The monoisotopic (exact) mass is 427 g/mol. The van der Waals surface area contributed by atoms with Crippen molar-refractivity contribution >= 4 is 11.9 Å². The second kappa shape index (κ2) is 9.80. The molecule has 0 aromatic heterocycles. The van der Waals surface area contributed by atoms with Gasteiger partial charge >= 0.3 is 5.97 Å². The van der Waals surface area contributed by atoms with Crippen LogP contribution in [-0.4, -0.2) is 58.5 Å². The van der Waals surface area contributed by atoms with E-state index in [0.717, 1.165) is 49.8 Å². The summed E-state index contributed by atoms with van der Waals surface area (Å²) >= 11 is 0. The van der Waals surface area contributed by atoms with Gasteiger partial charge < -0.3 is 29.3 Å². The topological polar surface area (TPSA) is 82.7 Å². The summed E-state index contributed by atoms with van der Waals surface area (Å²) in [5.74, 6) is 1.33. The van der Waals surface area contributed by atoms with E-state index >= 15 is 0 Å². The van der Waals surface area contributed by atoms with Gasteiger partial charge in [0, 0.05) is 12.1 Å². The Morgan fingerprint density at radius 3 is 2.35 bits per heavy atom. The Morgan fingerprint density at radius 2 is 1.61 bits per heavy atom. The fraction of sp³-hybridized carbons (Fsp3) is 0.391. The van der Waals surface area contributed by atoms with Gasteiger partial charge in [-0.2, -0.15) is 0 Å². The number of carbonyl (C=O) groups is 2. The number of amides is 1. The minimum atomic E-state index is -0.362. The second-order valence-electron chi connectivity index (χ2n) is 8.01. The van der Waals surface area contributed by atoms with Crippen molar-refractivity contribution in [2.24, 2.45) is 0 Å². The summed E-state index contributed by atoms with van der Waals surface area (Å²) < 4.78 is 15.5. The average Bonchev–Trinajstić information content (AvgIpc) is 3.27. The standard InChI is InChI=1S/C23H27N3O5/c1-29-23(28)19-5-2-17(3-6-19)13-24-22(27)15-26-10-8-25(9-11-26)14-18-4-7-20-21(12-18)31-16-30-20/h2-7,12H,8-11,13-16H2,1H3,(H,24,27)/p+2. The van der Waals surface area contributed by atoms with Crippen molar-refractivity contribution in [1.82, 2.24) is 5.32 Å². The first kappa shape index (κ1) is 21.1. The molecular weight excluding hydrogens is 398 g/mol. The number of hydrogen-bond donors (Lipinski definition) is 3. The lowest BCUT2D eigenvalue weighted by Gasteiger charge is -2.29. The molecule has 1 saturated heterocycles. The van der Waals surface area contributed by atoms with E-state index in [1.54, 1.807) is 12.1 Å². The molecule has 0 aliphatic carbocycles. The SMILES string of the molecule is COC(=O)c1ccc(CNC(=O)C[NH+]2CC[NH+](Cc3ccc4c(c3)OCO4)CC2)cc1. The quantitative estimate of drug-likeness (QED) is 0.484. The Labute approximate surface area is 181 Å². The van der Waals surface area contributed by atoms with Gasteiger partial charge in [-0.1, -0.05) is 12.1 Å². The van der Waals surface area contributed by atoms with Gasteiger partial charge in [0.2, 0.25) is 6.79 Å². The molecule has 8 nitrogen and oxygen atoms in total. The molecule has 1 amide bonds. The van der Waals surface area contributed by atoms with E-state index in [0.29, 0.717) is 25.4 Å². The van der Waals surface area contributed by atoms with Gasteiger partial charge in [-0.25, -0.2) is 4.79 Å². The molecule has 2 aromatic rings. The lowest BCUT2D eigenvalue weighted by molar-refractivity contribution is -1.02. The molecule has 164 valence electrons. The molecule has 4 rings (SSSR count). The van der Waals surface area contributed by atoms with E-state index in [4.69, 9.17) is 14.2 Å². The summed E-state index contributed by atoms with van der Waals surface area (Å²) in [5.41, 5.74) is 2.70.